The van der Waals surface area contributed by atoms with E-state index in [-0.39, 0.29) is 6.54 Å². The Balaban J connectivity index is 2.73. The van der Waals surface area contributed by atoms with Gasteiger partial charge < -0.3 is 5.11 Å². The van der Waals surface area contributed by atoms with Crippen molar-refractivity contribution in [3.8, 4) is 0 Å². The average Bonchev–Trinajstić information content (AvgIpc) is 2.19. The minimum absolute atomic E-state index is 0.0475. The first-order valence-electron chi connectivity index (χ1n) is 4.33. The molecule has 1 aromatic carbocycles. The van der Waals surface area contributed by atoms with Crippen LogP contribution in [-0.4, -0.2) is 24.3 Å². The number of halogens is 1. The van der Waals surface area contributed by atoms with Crippen molar-refractivity contribution < 1.29 is 14.3 Å². The van der Waals surface area contributed by atoms with Crippen LogP contribution in [-0.2, 0) is 4.79 Å². The smallest absolute Gasteiger partial charge is 0.325 e. The van der Waals surface area contributed by atoms with E-state index in [1.165, 1.54) is 0 Å². The molecular weight excluding hydrogens is 185 g/mol. The molecule has 14 heavy (non-hydrogen) atoms. The molecule has 4 heteroatoms. The quantitative estimate of drug-likeness (QED) is 0.749. The summed E-state index contributed by atoms with van der Waals surface area (Å²) in [5, 5.41) is 11.5. The predicted molar refractivity (Wildman–Crippen MR) is 50.8 cm³/mol. The molecule has 0 saturated carbocycles. The molecule has 0 fully saturated rings. The van der Waals surface area contributed by atoms with Gasteiger partial charge in [-0.15, -0.1) is 0 Å². The maximum absolute atomic E-state index is 11.9. The Morgan fingerprint density at radius 2 is 2.07 bits per heavy atom. The fraction of sp³-hybridized carbons (Fsp3) is 0.300. The van der Waals surface area contributed by atoms with E-state index in [1.807, 2.05) is 0 Å². The van der Waals surface area contributed by atoms with Gasteiger partial charge in [0.2, 0.25) is 0 Å². The zero-order valence-electron chi connectivity index (χ0n) is 7.61. The van der Waals surface area contributed by atoms with Gasteiger partial charge in [0.1, 0.15) is 12.7 Å². The summed E-state index contributed by atoms with van der Waals surface area (Å²) in [5.41, 5.74) is 0.633. The Kier molecular flexibility index (Phi) is 4.07. The third-order valence-corrected chi connectivity index (χ3v) is 1.82. The highest BCUT2D eigenvalue weighted by atomic mass is 19.1. The topological polar surface area (TPSA) is 49.3 Å². The van der Waals surface area contributed by atoms with Crippen LogP contribution in [0, 0.1) is 0 Å². The van der Waals surface area contributed by atoms with Gasteiger partial charge in [0.25, 0.3) is 0 Å². The maximum Gasteiger partial charge on any atom is 0.325 e. The molecule has 0 bridgehead atoms. The molecule has 76 valence electrons. The molecule has 0 aliphatic carbocycles. The van der Waals surface area contributed by atoms with Gasteiger partial charge >= 0.3 is 5.97 Å². The number of carbonyl (C=O) groups is 1. The number of carboxylic acids is 1. The minimum Gasteiger partial charge on any atom is -0.480 e. The van der Waals surface area contributed by atoms with E-state index in [1.54, 1.807) is 30.3 Å². The SMILES string of the molecule is O=C(O)C(NCCF)c1ccccc1. The monoisotopic (exact) mass is 197 g/mol. The van der Waals surface area contributed by atoms with Crippen LogP contribution < -0.4 is 5.32 Å². The van der Waals surface area contributed by atoms with Crippen molar-refractivity contribution in [3.05, 3.63) is 35.9 Å². The Morgan fingerprint density at radius 3 is 2.57 bits per heavy atom. The summed E-state index contributed by atoms with van der Waals surface area (Å²) in [7, 11) is 0. The van der Waals surface area contributed by atoms with Gasteiger partial charge in [0, 0.05) is 6.54 Å². The second kappa shape index (κ2) is 5.34. The molecule has 0 radical (unpaired) electrons. The van der Waals surface area contributed by atoms with Crippen LogP contribution in [0.5, 0.6) is 0 Å². The van der Waals surface area contributed by atoms with E-state index in [0.717, 1.165) is 0 Å². The molecule has 0 spiro atoms. The van der Waals surface area contributed by atoms with Crippen molar-refractivity contribution in [3.63, 3.8) is 0 Å². The number of nitrogens with one attached hydrogen (secondary N) is 1. The summed E-state index contributed by atoms with van der Waals surface area (Å²) in [4.78, 5) is 10.8. The highest BCUT2D eigenvalue weighted by Gasteiger charge is 2.17. The molecule has 1 unspecified atom stereocenters. The number of alkyl halides is 1. The van der Waals surface area contributed by atoms with Crippen LogP contribution in [0.15, 0.2) is 30.3 Å². The van der Waals surface area contributed by atoms with Crippen LogP contribution >= 0.6 is 0 Å². The fourth-order valence-electron chi connectivity index (χ4n) is 1.19. The second-order valence-corrected chi connectivity index (χ2v) is 2.83. The number of aliphatic carboxylic acids is 1. The molecule has 1 aromatic rings. The first kappa shape index (κ1) is 10.7. The molecule has 0 amide bonds. The van der Waals surface area contributed by atoms with Crippen LogP contribution in [0.25, 0.3) is 0 Å². The fourth-order valence-corrected chi connectivity index (χ4v) is 1.19. The van der Waals surface area contributed by atoms with Gasteiger partial charge in [-0.25, -0.2) is 4.39 Å². The molecule has 1 rings (SSSR count). The molecule has 1 atom stereocenters. The molecule has 0 aromatic heterocycles. The van der Waals surface area contributed by atoms with Gasteiger partial charge in [-0.05, 0) is 5.56 Å². The maximum atomic E-state index is 11.9. The first-order chi connectivity index (χ1) is 6.75. The largest absolute Gasteiger partial charge is 0.480 e. The lowest BCUT2D eigenvalue weighted by molar-refractivity contribution is -0.139. The van der Waals surface area contributed by atoms with Gasteiger partial charge in [0.15, 0.2) is 0 Å². The molecule has 0 saturated heterocycles. The highest BCUT2D eigenvalue weighted by Crippen LogP contribution is 2.11. The predicted octanol–water partition coefficient (Wildman–Crippen LogP) is 1.37. The van der Waals surface area contributed by atoms with Crippen molar-refractivity contribution in [2.24, 2.45) is 0 Å². The van der Waals surface area contributed by atoms with Crippen molar-refractivity contribution in [2.75, 3.05) is 13.2 Å². The zero-order valence-corrected chi connectivity index (χ0v) is 7.61. The third-order valence-electron chi connectivity index (χ3n) is 1.82. The molecule has 0 heterocycles. The molecule has 0 aliphatic heterocycles. The first-order valence-corrected chi connectivity index (χ1v) is 4.33. The van der Waals surface area contributed by atoms with E-state index < -0.39 is 18.7 Å². The van der Waals surface area contributed by atoms with E-state index >= 15 is 0 Å². The average molecular weight is 197 g/mol. The molecule has 0 aliphatic rings. The third kappa shape index (κ3) is 2.81. The Labute approximate surface area is 81.6 Å². The summed E-state index contributed by atoms with van der Waals surface area (Å²) in [6.07, 6.45) is 0. The van der Waals surface area contributed by atoms with Gasteiger partial charge in [-0.3, -0.25) is 10.1 Å². The van der Waals surface area contributed by atoms with Crippen LogP contribution in [0.4, 0.5) is 4.39 Å². The second-order valence-electron chi connectivity index (χ2n) is 2.83. The van der Waals surface area contributed by atoms with Crippen LogP contribution in [0.1, 0.15) is 11.6 Å². The van der Waals surface area contributed by atoms with Crippen LogP contribution in [0.2, 0.25) is 0 Å². The number of rotatable bonds is 5. The lowest BCUT2D eigenvalue weighted by Crippen LogP contribution is -2.29. The zero-order chi connectivity index (χ0) is 10.4. The molecule has 2 N–H and O–H groups in total. The van der Waals surface area contributed by atoms with Gasteiger partial charge in [-0.2, -0.15) is 0 Å². The summed E-state index contributed by atoms with van der Waals surface area (Å²) >= 11 is 0. The van der Waals surface area contributed by atoms with Crippen LogP contribution in [0.3, 0.4) is 0 Å². The minimum atomic E-state index is -0.996. The van der Waals surface area contributed by atoms with E-state index in [2.05, 4.69) is 5.32 Å². The number of hydrogen-bond acceptors (Lipinski definition) is 2. The molecular formula is C10H12FNO2. The van der Waals surface area contributed by atoms with Crippen molar-refractivity contribution in [1.29, 1.82) is 0 Å². The summed E-state index contributed by atoms with van der Waals surface area (Å²) in [6, 6.07) is 7.88. The lowest BCUT2D eigenvalue weighted by atomic mass is 10.1. The normalized spacial score (nSPS) is 12.4. The van der Waals surface area contributed by atoms with Gasteiger partial charge in [-0.1, -0.05) is 30.3 Å². The number of carboxylic acid groups (broad SMARTS) is 1. The van der Waals surface area contributed by atoms with E-state index in [9.17, 15) is 9.18 Å². The summed E-state index contributed by atoms with van der Waals surface area (Å²) in [6.45, 7) is -0.525. The molecule has 3 nitrogen and oxygen atoms in total. The lowest BCUT2D eigenvalue weighted by Gasteiger charge is -2.13. The standard InChI is InChI=1S/C10H12FNO2/c11-6-7-12-9(10(13)14)8-4-2-1-3-5-8/h1-5,9,12H,6-7H2,(H,13,14). The summed E-state index contributed by atoms with van der Waals surface area (Å²) in [5.74, 6) is -0.996. The van der Waals surface area contributed by atoms with Crippen molar-refractivity contribution >= 4 is 5.97 Å². The van der Waals surface area contributed by atoms with E-state index in [0.29, 0.717) is 5.56 Å². The summed E-state index contributed by atoms with van der Waals surface area (Å²) < 4.78 is 11.9. The Hall–Kier alpha value is -1.42. The number of hydrogen-bond donors (Lipinski definition) is 2. The van der Waals surface area contributed by atoms with E-state index in [4.69, 9.17) is 5.11 Å². The Morgan fingerprint density at radius 1 is 1.43 bits per heavy atom. The van der Waals surface area contributed by atoms with Crippen molar-refractivity contribution in [2.45, 2.75) is 6.04 Å². The highest BCUT2D eigenvalue weighted by molar-refractivity contribution is 5.75. The number of benzene rings is 1. The Bertz CT molecular complexity index is 289. The van der Waals surface area contributed by atoms with Crippen molar-refractivity contribution in [1.82, 2.24) is 5.32 Å². The van der Waals surface area contributed by atoms with Gasteiger partial charge in [0.05, 0.1) is 0 Å².